The maximum atomic E-state index is 8.90. The highest BCUT2D eigenvalue weighted by Crippen LogP contribution is 2.13. The van der Waals surface area contributed by atoms with Crippen molar-refractivity contribution in [1.82, 2.24) is 5.32 Å². The van der Waals surface area contributed by atoms with Gasteiger partial charge in [0.05, 0.1) is 24.1 Å². The highest BCUT2D eigenvalue weighted by Gasteiger charge is 2.05. The van der Waals surface area contributed by atoms with Crippen LogP contribution in [0.4, 0.5) is 0 Å². The van der Waals surface area contributed by atoms with Gasteiger partial charge in [-0.2, -0.15) is 17.0 Å². The van der Waals surface area contributed by atoms with E-state index < -0.39 is 0 Å². The van der Waals surface area contributed by atoms with Crippen molar-refractivity contribution in [2.24, 2.45) is 0 Å². The number of thioether (sulfide) groups is 1. The van der Waals surface area contributed by atoms with Crippen LogP contribution in [0.3, 0.4) is 0 Å². The Morgan fingerprint density at radius 1 is 1.62 bits per heavy atom. The minimum Gasteiger partial charge on any atom is -0.468 e. The van der Waals surface area contributed by atoms with Gasteiger partial charge >= 0.3 is 0 Å². The summed E-state index contributed by atoms with van der Waals surface area (Å²) in [5.41, 5.74) is 0. The van der Waals surface area contributed by atoms with Gasteiger partial charge in [-0.3, -0.25) is 0 Å². The van der Waals surface area contributed by atoms with Gasteiger partial charge in [0, 0.05) is 0 Å². The van der Waals surface area contributed by atoms with Crippen LogP contribution in [0.2, 0.25) is 0 Å². The van der Waals surface area contributed by atoms with E-state index in [1.54, 1.807) is 18.0 Å². The summed E-state index contributed by atoms with van der Waals surface area (Å²) in [6, 6.07) is 6.15. The fourth-order valence-corrected chi connectivity index (χ4v) is 2.21. The maximum Gasteiger partial charge on any atom is 0.113 e. The Hall–Kier alpha value is -0.920. The van der Waals surface area contributed by atoms with Crippen LogP contribution >= 0.6 is 11.8 Å². The molecular weight excluding hydrogens is 220 g/mol. The second-order valence-electron chi connectivity index (χ2n) is 3.56. The Labute approximate surface area is 101 Å². The summed E-state index contributed by atoms with van der Waals surface area (Å²) in [5.74, 6) is 2.87. The van der Waals surface area contributed by atoms with E-state index >= 15 is 0 Å². The van der Waals surface area contributed by atoms with Gasteiger partial charge in [0.15, 0.2) is 0 Å². The molecule has 16 heavy (non-hydrogen) atoms. The molecule has 3 nitrogen and oxygen atoms in total. The first-order valence-corrected chi connectivity index (χ1v) is 6.75. The van der Waals surface area contributed by atoms with E-state index in [1.165, 1.54) is 0 Å². The Morgan fingerprint density at radius 3 is 3.12 bits per heavy atom. The fraction of sp³-hybridized carbons (Fsp3) is 0.583. The molecule has 1 N–H and O–H groups in total. The van der Waals surface area contributed by atoms with Crippen LogP contribution in [0.25, 0.3) is 0 Å². The molecule has 0 amide bonds. The Kier molecular flexibility index (Phi) is 6.78. The average molecular weight is 238 g/mol. The number of nitriles is 1. The number of hydrogen-bond donors (Lipinski definition) is 1. The van der Waals surface area contributed by atoms with Crippen LogP contribution < -0.4 is 5.32 Å². The first kappa shape index (κ1) is 13.1. The molecule has 0 aliphatic carbocycles. The number of nitrogens with zero attached hydrogens (tertiary/aromatic N) is 1. The standard InChI is InChI=1S/C12H18N2OS/c1-2-6-14-11(9-13)5-8-16-10-12-4-3-7-15-12/h3-4,7,11,14H,2,5-6,8,10H2,1H3. The third kappa shape index (κ3) is 5.24. The zero-order chi connectivity index (χ0) is 11.6. The van der Waals surface area contributed by atoms with E-state index in [0.29, 0.717) is 0 Å². The Bertz CT molecular complexity index is 305. The van der Waals surface area contributed by atoms with Crippen molar-refractivity contribution in [2.45, 2.75) is 31.6 Å². The van der Waals surface area contributed by atoms with E-state index in [2.05, 4.69) is 18.3 Å². The zero-order valence-electron chi connectivity index (χ0n) is 9.61. The number of hydrogen-bond acceptors (Lipinski definition) is 4. The van der Waals surface area contributed by atoms with E-state index in [1.807, 2.05) is 12.1 Å². The molecule has 0 aliphatic heterocycles. The maximum absolute atomic E-state index is 8.90. The summed E-state index contributed by atoms with van der Waals surface area (Å²) in [6.45, 7) is 3.02. The molecule has 0 bridgehead atoms. The van der Waals surface area contributed by atoms with Crippen molar-refractivity contribution in [3.05, 3.63) is 24.2 Å². The van der Waals surface area contributed by atoms with Gasteiger partial charge in [-0.05, 0) is 37.3 Å². The summed E-state index contributed by atoms with van der Waals surface area (Å²) < 4.78 is 5.23. The van der Waals surface area contributed by atoms with Crippen molar-refractivity contribution in [3.63, 3.8) is 0 Å². The average Bonchev–Trinajstić information content (AvgIpc) is 2.81. The number of nitrogens with one attached hydrogen (secondary N) is 1. The SMILES string of the molecule is CCCNC(C#N)CCSCc1ccco1. The van der Waals surface area contributed by atoms with E-state index in [-0.39, 0.29) is 6.04 Å². The second kappa shape index (κ2) is 8.26. The Balaban J connectivity index is 2.07. The number of furan rings is 1. The zero-order valence-corrected chi connectivity index (χ0v) is 10.4. The Morgan fingerprint density at radius 2 is 2.50 bits per heavy atom. The van der Waals surface area contributed by atoms with Crippen molar-refractivity contribution < 1.29 is 4.42 Å². The highest BCUT2D eigenvalue weighted by atomic mass is 32.2. The molecule has 0 aromatic carbocycles. The van der Waals surface area contributed by atoms with E-state index in [0.717, 1.165) is 36.7 Å². The second-order valence-corrected chi connectivity index (χ2v) is 4.66. The minimum atomic E-state index is -0.0101. The molecule has 0 radical (unpaired) electrons. The van der Waals surface area contributed by atoms with Gasteiger partial charge < -0.3 is 9.73 Å². The molecule has 4 heteroatoms. The molecule has 1 atom stereocenters. The molecule has 0 spiro atoms. The van der Waals surface area contributed by atoms with Crippen LogP contribution in [-0.4, -0.2) is 18.3 Å². The quantitative estimate of drug-likeness (QED) is 0.707. The highest BCUT2D eigenvalue weighted by molar-refractivity contribution is 7.98. The molecule has 0 saturated carbocycles. The molecule has 0 aliphatic rings. The third-order valence-corrected chi connectivity index (χ3v) is 3.18. The lowest BCUT2D eigenvalue weighted by Crippen LogP contribution is -2.28. The third-order valence-electron chi connectivity index (χ3n) is 2.17. The van der Waals surface area contributed by atoms with Crippen LogP contribution in [0.1, 0.15) is 25.5 Å². The van der Waals surface area contributed by atoms with Gasteiger partial charge in [0.1, 0.15) is 5.76 Å². The van der Waals surface area contributed by atoms with Gasteiger partial charge in [-0.15, -0.1) is 0 Å². The smallest absolute Gasteiger partial charge is 0.113 e. The normalized spacial score (nSPS) is 12.2. The van der Waals surface area contributed by atoms with E-state index in [9.17, 15) is 0 Å². The summed E-state index contributed by atoms with van der Waals surface area (Å²) in [4.78, 5) is 0. The first-order chi connectivity index (χ1) is 7.86. The first-order valence-electron chi connectivity index (χ1n) is 5.60. The molecule has 1 aromatic heterocycles. The van der Waals surface area contributed by atoms with Crippen LogP contribution in [-0.2, 0) is 5.75 Å². The summed E-state index contributed by atoms with van der Waals surface area (Å²) >= 11 is 1.80. The molecule has 1 heterocycles. The summed E-state index contributed by atoms with van der Waals surface area (Å²) in [6.07, 6.45) is 3.65. The lowest BCUT2D eigenvalue weighted by molar-refractivity contribution is 0.530. The van der Waals surface area contributed by atoms with Crippen molar-refractivity contribution in [1.29, 1.82) is 5.26 Å². The fourth-order valence-electron chi connectivity index (χ4n) is 1.30. The van der Waals surface area contributed by atoms with Crippen LogP contribution in [0.15, 0.2) is 22.8 Å². The molecule has 1 aromatic rings. The van der Waals surface area contributed by atoms with Crippen molar-refractivity contribution in [2.75, 3.05) is 12.3 Å². The van der Waals surface area contributed by atoms with Crippen molar-refractivity contribution >= 4 is 11.8 Å². The van der Waals surface area contributed by atoms with Crippen LogP contribution in [0, 0.1) is 11.3 Å². The largest absolute Gasteiger partial charge is 0.468 e. The molecule has 1 unspecified atom stereocenters. The lowest BCUT2D eigenvalue weighted by atomic mass is 10.2. The summed E-state index contributed by atoms with van der Waals surface area (Å²) in [7, 11) is 0. The van der Waals surface area contributed by atoms with Gasteiger partial charge in [0.25, 0.3) is 0 Å². The molecule has 0 saturated heterocycles. The topological polar surface area (TPSA) is 49.0 Å². The van der Waals surface area contributed by atoms with Gasteiger partial charge in [-0.1, -0.05) is 6.92 Å². The molecule has 88 valence electrons. The predicted octanol–water partition coefficient (Wildman–Crippen LogP) is 2.79. The van der Waals surface area contributed by atoms with Gasteiger partial charge in [0.2, 0.25) is 0 Å². The molecule has 0 fully saturated rings. The minimum absolute atomic E-state index is 0.0101. The van der Waals surface area contributed by atoms with Gasteiger partial charge in [-0.25, -0.2) is 0 Å². The summed E-state index contributed by atoms with van der Waals surface area (Å²) in [5, 5.41) is 12.1. The number of rotatable bonds is 8. The lowest BCUT2D eigenvalue weighted by Gasteiger charge is -2.09. The van der Waals surface area contributed by atoms with Crippen LogP contribution in [0.5, 0.6) is 0 Å². The monoisotopic (exact) mass is 238 g/mol. The van der Waals surface area contributed by atoms with Crippen molar-refractivity contribution in [3.8, 4) is 6.07 Å². The molecule has 1 rings (SSSR count). The molecular formula is C12H18N2OS. The predicted molar refractivity (Wildman–Crippen MR) is 67.2 cm³/mol. The van der Waals surface area contributed by atoms with E-state index in [4.69, 9.17) is 9.68 Å².